The molecule has 2 atom stereocenters. The lowest BCUT2D eigenvalue weighted by Gasteiger charge is -2.26. The van der Waals surface area contributed by atoms with E-state index in [0.717, 1.165) is 25.7 Å². The van der Waals surface area contributed by atoms with E-state index in [-0.39, 0.29) is 6.04 Å². The molecule has 1 fully saturated rings. The SMILES string of the molecule is C=CCCC(C)NC1CCCS(=O)(=O)C1. The largest absolute Gasteiger partial charge is 0.310 e. The Hall–Kier alpha value is -0.350. The molecule has 88 valence electrons. The predicted octanol–water partition coefficient (Wildman–Crippen LogP) is 1.51. The molecule has 15 heavy (non-hydrogen) atoms. The van der Waals surface area contributed by atoms with Gasteiger partial charge in [-0.2, -0.15) is 0 Å². The Morgan fingerprint density at radius 2 is 2.33 bits per heavy atom. The van der Waals surface area contributed by atoms with E-state index in [9.17, 15) is 8.42 Å². The Morgan fingerprint density at radius 1 is 1.60 bits per heavy atom. The summed E-state index contributed by atoms with van der Waals surface area (Å²) in [7, 11) is -2.78. The Bertz CT molecular complexity index is 298. The van der Waals surface area contributed by atoms with Crippen LogP contribution < -0.4 is 5.32 Å². The maximum absolute atomic E-state index is 11.4. The lowest BCUT2D eigenvalue weighted by Crippen LogP contribution is -2.44. The second-order valence-corrected chi connectivity index (χ2v) is 6.62. The molecule has 0 aromatic heterocycles. The molecular weight excluding hydrogens is 210 g/mol. The van der Waals surface area contributed by atoms with Crippen LogP contribution in [0.15, 0.2) is 12.7 Å². The van der Waals surface area contributed by atoms with Crippen LogP contribution in [0.2, 0.25) is 0 Å². The highest BCUT2D eigenvalue weighted by Gasteiger charge is 2.25. The third kappa shape index (κ3) is 4.80. The van der Waals surface area contributed by atoms with E-state index in [2.05, 4.69) is 18.8 Å². The van der Waals surface area contributed by atoms with Crippen molar-refractivity contribution in [1.82, 2.24) is 5.32 Å². The van der Waals surface area contributed by atoms with E-state index in [4.69, 9.17) is 0 Å². The van der Waals surface area contributed by atoms with Gasteiger partial charge < -0.3 is 5.32 Å². The van der Waals surface area contributed by atoms with Crippen molar-refractivity contribution in [3.63, 3.8) is 0 Å². The lowest BCUT2D eigenvalue weighted by molar-refractivity contribution is 0.417. The van der Waals surface area contributed by atoms with Crippen LogP contribution in [-0.2, 0) is 9.84 Å². The summed E-state index contributed by atoms with van der Waals surface area (Å²) >= 11 is 0. The summed E-state index contributed by atoms with van der Waals surface area (Å²) in [5.41, 5.74) is 0. The van der Waals surface area contributed by atoms with Gasteiger partial charge in [-0.15, -0.1) is 6.58 Å². The molecule has 4 heteroatoms. The molecule has 0 saturated carbocycles. The average Bonchev–Trinajstić information content (AvgIpc) is 2.13. The second kappa shape index (κ2) is 5.66. The van der Waals surface area contributed by atoms with Gasteiger partial charge >= 0.3 is 0 Å². The number of sulfone groups is 1. The standard InChI is InChI=1S/C11H21NO2S/c1-3-4-6-10(2)12-11-7-5-8-15(13,14)9-11/h3,10-12H,1,4-9H2,2H3. The van der Waals surface area contributed by atoms with Crippen LogP contribution >= 0.6 is 0 Å². The van der Waals surface area contributed by atoms with Crippen molar-refractivity contribution in [1.29, 1.82) is 0 Å². The first-order chi connectivity index (χ1) is 7.03. The molecule has 1 heterocycles. The highest BCUT2D eigenvalue weighted by atomic mass is 32.2. The summed E-state index contributed by atoms with van der Waals surface area (Å²) in [5.74, 6) is 0.678. The molecule has 0 aromatic rings. The zero-order valence-electron chi connectivity index (χ0n) is 9.41. The first-order valence-corrected chi connectivity index (χ1v) is 7.43. The van der Waals surface area contributed by atoms with Crippen LogP contribution in [-0.4, -0.2) is 32.0 Å². The van der Waals surface area contributed by atoms with Gasteiger partial charge in [-0.1, -0.05) is 6.08 Å². The molecule has 1 aliphatic heterocycles. The maximum atomic E-state index is 11.4. The molecule has 1 rings (SSSR count). The third-order valence-electron chi connectivity index (χ3n) is 2.79. The van der Waals surface area contributed by atoms with Crippen LogP contribution in [0.25, 0.3) is 0 Å². The molecule has 0 spiro atoms. The van der Waals surface area contributed by atoms with Gasteiger partial charge in [0.05, 0.1) is 11.5 Å². The molecule has 2 unspecified atom stereocenters. The van der Waals surface area contributed by atoms with Crippen molar-refractivity contribution in [3.05, 3.63) is 12.7 Å². The number of allylic oxidation sites excluding steroid dienone is 1. The van der Waals surface area contributed by atoms with Crippen molar-refractivity contribution in [2.75, 3.05) is 11.5 Å². The topological polar surface area (TPSA) is 46.2 Å². The van der Waals surface area contributed by atoms with E-state index in [0.29, 0.717) is 17.5 Å². The van der Waals surface area contributed by atoms with Crippen molar-refractivity contribution >= 4 is 9.84 Å². The highest BCUT2D eigenvalue weighted by molar-refractivity contribution is 7.91. The minimum absolute atomic E-state index is 0.156. The lowest BCUT2D eigenvalue weighted by atomic mass is 10.1. The van der Waals surface area contributed by atoms with E-state index < -0.39 is 9.84 Å². The summed E-state index contributed by atoms with van der Waals surface area (Å²) in [6, 6.07) is 0.532. The number of rotatable bonds is 5. The van der Waals surface area contributed by atoms with Crippen LogP contribution in [0.1, 0.15) is 32.6 Å². The van der Waals surface area contributed by atoms with Crippen LogP contribution in [0.5, 0.6) is 0 Å². The van der Waals surface area contributed by atoms with Gasteiger partial charge in [0, 0.05) is 12.1 Å². The summed E-state index contributed by atoms with van der Waals surface area (Å²) in [6.07, 6.45) is 5.69. The fraction of sp³-hybridized carbons (Fsp3) is 0.818. The molecule has 1 N–H and O–H groups in total. The van der Waals surface area contributed by atoms with E-state index in [1.807, 2.05) is 6.08 Å². The molecule has 3 nitrogen and oxygen atoms in total. The third-order valence-corrected chi connectivity index (χ3v) is 4.61. The zero-order chi connectivity index (χ0) is 11.3. The molecule has 0 aliphatic carbocycles. The van der Waals surface area contributed by atoms with E-state index >= 15 is 0 Å². The molecule has 0 bridgehead atoms. The summed E-state index contributed by atoms with van der Waals surface area (Å²) in [6.45, 7) is 5.78. The van der Waals surface area contributed by atoms with Gasteiger partial charge in [-0.05, 0) is 32.6 Å². The van der Waals surface area contributed by atoms with Crippen molar-refractivity contribution in [2.45, 2.75) is 44.7 Å². The van der Waals surface area contributed by atoms with Crippen LogP contribution in [0.4, 0.5) is 0 Å². The molecule has 0 aromatic carbocycles. The van der Waals surface area contributed by atoms with Gasteiger partial charge in [0.25, 0.3) is 0 Å². The molecule has 1 aliphatic rings. The molecule has 1 saturated heterocycles. The van der Waals surface area contributed by atoms with Crippen molar-refractivity contribution < 1.29 is 8.42 Å². The first-order valence-electron chi connectivity index (χ1n) is 5.61. The van der Waals surface area contributed by atoms with E-state index in [1.54, 1.807) is 0 Å². The Kier molecular flexibility index (Phi) is 4.80. The van der Waals surface area contributed by atoms with Gasteiger partial charge in [0.15, 0.2) is 9.84 Å². The molecule has 0 radical (unpaired) electrons. The zero-order valence-corrected chi connectivity index (χ0v) is 10.2. The highest BCUT2D eigenvalue weighted by Crippen LogP contribution is 2.13. The van der Waals surface area contributed by atoms with Gasteiger partial charge in [0.2, 0.25) is 0 Å². The average molecular weight is 231 g/mol. The fourth-order valence-electron chi connectivity index (χ4n) is 2.01. The summed E-state index contributed by atoms with van der Waals surface area (Å²) in [5, 5.41) is 3.38. The molecular formula is C11H21NO2S. The normalized spacial score (nSPS) is 27.1. The number of hydrogen-bond donors (Lipinski definition) is 1. The smallest absolute Gasteiger partial charge is 0.151 e. The minimum Gasteiger partial charge on any atom is -0.310 e. The van der Waals surface area contributed by atoms with Gasteiger partial charge in [-0.3, -0.25) is 0 Å². The molecule has 0 amide bonds. The Labute approximate surface area is 92.9 Å². The van der Waals surface area contributed by atoms with Crippen LogP contribution in [0, 0.1) is 0 Å². The van der Waals surface area contributed by atoms with Gasteiger partial charge in [0.1, 0.15) is 0 Å². The fourth-order valence-corrected chi connectivity index (χ4v) is 3.66. The van der Waals surface area contributed by atoms with E-state index in [1.165, 1.54) is 0 Å². The second-order valence-electron chi connectivity index (χ2n) is 4.39. The summed E-state index contributed by atoms with van der Waals surface area (Å²) < 4.78 is 22.8. The first kappa shape index (κ1) is 12.7. The van der Waals surface area contributed by atoms with Crippen molar-refractivity contribution in [2.24, 2.45) is 0 Å². The predicted molar refractivity (Wildman–Crippen MR) is 63.7 cm³/mol. The van der Waals surface area contributed by atoms with Crippen LogP contribution in [0.3, 0.4) is 0 Å². The maximum Gasteiger partial charge on any atom is 0.151 e. The minimum atomic E-state index is -2.78. The monoisotopic (exact) mass is 231 g/mol. The quantitative estimate of drug-likeness (QED) is 0.730. The Balaban J connectivity index is 2.34. The van der Waals surface area contributed by atoms with Gasteiger partial charge in [-0.25, -0.2) is 8.42 Å². The number of nitrogens with one attached hydrogen (secondary N) is 1. The summed E-state index contributed by atoms with van der Waals surface area (Å²) in [4.78, 5) is 0. The van der Waals surface area contributed by atoms with Crippen molar-refractivity contribution in [3.8, 4) is 0 Å². The Morgan fingerprint density at radius 3 is 2.93 bits per heavy atom. The number of hydrogen-bond acceptors (Lipinski definition) is 3.